The van der Waals surface area contributed by atoms with E-state index in [9.17, 15) is 8.42 Å². The van der Waals surface area contributed by atoms with Crippen molar-refractivity contribution in [1.82, 2.24) is 0 Å². The first-order valence-corrected chi connectivity index (χ1v) is 10.5. The van der Waals surface area contributed by atoms with Crippen LogP contribution in [0.25, 0.3) is 0 Å². The Morgan fingerprint density at radius 1 is 0.731 bits per heavy atom. The molecule has 0 radical (unpaired) electrons. The van der Waals surface area contributed by atoms with Crippen molar-refractivity contribution >= 4 is 16.0 Å². The van der Waals surface area contributed by atoms with Crippen LogP contribution in [-0.2, 0) is 32.3 Å². The van der Waals surface area contributed by atoms with Gasteiger partial charge in [-0.2, -0.15) is 9.59 Å². The lowest BCUT2D eigenvalue weighted by Gasteiger charge is -2.05. The Balaban J connectivity index is 0.00000105. The molecule has 0 spiro atoms. The Morgan fingerprint density at radius 2 is 1.19 bits per heavy atom. The lowest BCUT2D eigenvalue weighted by molar-refractivity contribution is -0.191. The second-order valence-electron chi connectivity index (χ2n) is 6.03. The fraction of sp³-hybridized carbons (Fsp3) is 0.381. The van der Waals surface area contributed by atoms with Gasteiger partial charge in [-0.05, 0) is 48.9 Å². The van der Waals surface area contributed by atoms with Crippen LogP contribution < -0.4 is 0 Å². The Labute approximate surface area is 156 Å². The predicted octanol–water partition coefficient (Wildman–Crippen LogP) is 4.24. The van der Waals surface area contributed by atoms with Crippen molar-refractivity contribution in [3.63, 3.8) is 0 Å². The van der Waals surface area contributed by atoms with Gasteiger partial charge in [-0.25, -0.2) is 8.42 Å². The van der Waals surface area contributed by atoms with Crippen LogP contribution >= 0.6 is 0 Å². The van der Waals surface area contributed by atoms with E-state index >= 15 is 0 Å². The third kappa shape index (κ3) is 8.24. The molecule has 0 saturated heterocycles. The summed E-state index contributed by atoms with van der Waals surface area (Å²) in [6.07, 6.45) is 7.30. The molecule has 2 aromatic rings. The van der Waals surface area contributed by atoms with Crippen molar-refractivity contribution < 1.29 is 18.0 Å². The summed E-state index contributed by atoms with van der Waals surface area (Å²) in [5, 5.41) is 0. The van der Waals surface area contributed by atoms with Crippen LogP contribution in [0.15, 0.2) is 59.5 Å². The third-order valence-corrected chi connectivity index (χ3v) is 5.94. The maximum atomic E-state index is 11.8. The van der Waals surface area contributed by atoms with Gasteiger partial charge < -0.3 is 0 Å². The van der Waals surface area contributed by atoms with Gasteiger partial charge in [0.1, 0.15) is 0 Å². The van der Waals surface area contributed by atoms with Gasteiger partial charge in [0, 0.05) is 0 Å². The molecule has 4 nitrogen and oxygen atoms in total. The number of benzene rings is 2. The highest BCUT2D eigenvalue weighted by molar-refractivity contribution is 7.91. The maximum absolute atomic E-state index is 11.8. The lowest BCUT2D eigenvalue weighted by Crippen LogP contribution is -2.03. The molecule has 5 heteroatoms. The summed E-state index contributed by atoms with van der Waals surface area (Å²) in [6, 6.07) is 18.0. The van der Waals surface area contributed by atoms with Crippen LogP contribution in [0, 0.1) is 0 Å². The highest BCUT2D eigenvalue weighted by atomic mass is 32.2. The minimum Gasteiger partial charge on any atom is -0.224 e. The maximum Gasteiger partial charge on any atom is 0.373 e. The molecule has 0 bridgehead atoms. The molecule has 0 aromatic heterocycles. The van der Waals surface area contributed by atoms with Crippen molar-refractivity contribution in [2.45, 2.75) is 50.3 Å². The highest BCUT2D eigenvalue weighted by Gasteiger charge is 2.10. The van der Waals surface area contributed by atoms with E-state index in [-0.39, 0.29) is 11.9 Å². The van der Waals surface area contributed by atoms with Crippen LogP contribution in [0.5, 0.6) is 0 Å². The molecule has 26 heavy (non-hydrogen) atoms. The number of sulfone groups is 1. The number of carbonyl (C=O) groups excluding carboxylic acids is 2. The van der Waals surface area contributed by atoms with E-state index < -0.39 is 9.84 Å². The average Bonchev–Trinajstić information content (AvgIpc) is 2.66. The van der Waals surface area contributed by atoms with E-state index in [1.54, 1.807) is 19.1 Å². The minimum absolute atomic E-state index is 0.160. The molecule has 0 saturated carbocycles. The van der Waals surface area contributed by atoms with Crippen LogP contribution in [0.4, 0.5) is 0 Å². The molecule has 0 aliphatic carbocycles. The third-order valence-electron chi connectivity index (χ3n) is 4.19. The Hall–Kier alpha value is -2.23. The zero-order valence-corrected chi connectivity index (χ0v) is 16.0. The van der Waals surface area contributed by atoms with Crippen LogP contribution in [0.1, 0.15) is 43.7 Å². The van der Waals surface area contributed by atoms with E-state index in [4.69, 9.17) is 9.59 Å². The van der Waals surface area contributed by atoms with E-state index in [1.807, 2.05) is 12.1 Å². The van der Waals surface area contributed by atoms with Gasteiger partial charge in [-0.1, -0.05) is 62.2 Å². The van der Waals surface area contributed by atoms with Gasteiger partial charge in [0.2, 0.25) is 0 Å². The summed E-state index contributed by atoms with van der Waals surface area (Å²) >= 11 is 0. The van der Waals surface area contributed by atoms with Crippen molar-refractivity contribution in [3.05, 3.63) is 65.7 Å². The van der Waals surface area contributed by atoms with Crippen molar-refractivity contribution in [3.8, 4) is 0 Å². The van der Waals surface area contributed by atoms with E-state index in [2.05, 4.69) is 30.3 Å². The summed E-state index contributed by atoms with van der Waals surface area (Å²) in [6.45, 7) is 1.68. The van der Waals surface area contributed by atoms with Gasteiger partial charge in [0.25, 0.3) is 0 Å². The van der Waals surface area contributed by atoms with Gasteiger partial charge >= 0.3 is 6.15 Å². The number of hydrogen-bond donors (Lipinski definition) is 0. The SMILES string of the molecule is CCS(=O)(=O)c1ccc(CCCCCCc2ccccc2)cc1.O=C=O. The quantitative estimate of drug-likeness (QED) is 0.616. The summed E-state index contributed by atoms with van der Waals surface area (Å²) in [5.74, 6) is 0.160. The Kier molecular flexibility index (Phi) is 10.2. The van der Waals surface area contributed by atoms with Crippen molar-refractivity contribution in [1.29, 1.82) is 0 Å². The van der Waals surface area contributed by atoms with E-state index in [0.29, 0.717) is 4.90 Å². The van der Waals surface area contributed by atoms with Crippen LogP contribution in [-0.4, -0.2) is 20.3 Å². The molecule has 0 unspecified atom stereocenters. The first-order valence-electron chi connectivity index (χ1n) is 8.88. The molecule has 0 amide bonds. The van der Waals surface area contributed by atoms with Crippen molar-refractivity contribution in [2.24, 2.45) is 0 Å². The largest absolute Gasteiger partial charge is 0.373 e. The number of aryl methyl sites for hydroxylation is 2. The molecule has 0 atom stereocenters. The van der Waals surface area contributed by atoms with E-state index in [0.717, 1.165) is 19.3 Å². The van der Waals surface area contributed by atoms with Crippen LogP contribution in [0.3, 0.4) is 0 Å². The molecule has 0 heterocycles. The topological polar surface area (TPSA) is 68.3 Å². The Morgan fingerprint density at radius 3 is 1.65 bits per heavy atom. The first-order chi connectivity index (χ1) is 12.5. The summed E-state index contributed by atoms with van der Waals surface area (Å²) in [5.41, 5.74) is 2.64. The number of unbranched alkanes of at least 4 members (excludes halogenated alkanes) is 3. The zero-order valence-electron chi connectivity index (χ0n) is 15.2. The average molecular weight is 375 g/mol. The predicted molar refractivity (Wildman–Crippen MR) is 101 cm³/mol. The van der Waals surface area contributed by atoms with Crippen LogP contribution in [0.2, 0.25) is 0 Å². The van der Waals surface area contributed by atoms with Crippen molar-refractivity contribution in [2.75, 3.05) is 5.75 Å². The number of hydrogen-bond acceptors (Lipinski definition) is 4. The van der Waals surface area contributed by atoms with E-state index in [1.165, 1.54) is 30.4 Å². The summed E-state index contributed by atoms with van der Waals surface area (Å²) in [7, 11) is -3.07. The highest BCUT2D eigenvalue weighted by Crippen LogP contribution is 2.15. The standard InChI is InChI=1S/C20H26O2S.CO2/c1-2-23(21,22)20-16-14-19(15-17-20)13-7-4-3-6-10-18-11-8-5-9-12-18;2-1-3/h5,8-9,11-12,14-17H,2-4,6-7,10,13H2,1H3;. The normalized spacial score (nSPS) is 10.5. The fourth-order valence-electron chi connectivity index (χ4n) is 2.69. The molecule has 0 aliphatic rings. The Bertz CT molecular complexity index is 759. The lowest BCUT2D eigenvalue weighted by atomic mass is 10.0. The van der Waals surface area contributed by atoms with Gasteiger partial charge in [-0.3, -0.25) is 0 Å². The molecular weight excluding hydrogens is 348 g/mol. The fourth-order valence-corrected chi connectivity index (χ4v) is 3.57. The molecule has 0 fully saturated rings. The first kappa shape index (κ1) is 21.8. The second-order valence-corrected chi connectivity index (χ2v) is 8.31. The minimum atomic E-state index is -3.07. The molecule has 0 aliphatic heterocycles. The summed E-state index contributed by atoms with van der Waals surface area (Å²) in [4.78, 5) is 16.7. The smallest absolute Gasteiger partial charge is 0.224 e. The molecule has 2 rings (SSSR count). The second kappa shape index (κ2) is 12.2. The monoisotopic (exact) mass is 374 g/mol. The summed E-state index contributed by atoms with van der Waals surface area (Å²) < 4.78 is 23.5. The van der Waals surface area contributed by atoms with Gasteiger partial charge in [-0.15, -0.1) is 0 Å². The molecular formula is C21H26O4S. The van der Waals surface area contributed by atoms with Gasteiger partial charge in [0.15, 0.2) is 9.84 Å². The number of rotatable bonds is 9. The molecule has 140 valence electrons. The molecule has 2 aromatic carbocycles. The molecule has 0 N–H and O–H groups in total. The zero-order chi connectivity index (χ0) is 19.3. The van der Waals surface area contributed by atoms with Gasteiger partial charge in [0.05, 0.1) is 10.6 Å².